The fourth-order valence-corrected chi connectivity index (χ4v) is 1.52. The highest BCUT2D eigenvalue weighted by Gasteiger charge is 2.18. The molecule has 0 aromatic carbocycles. The Labute approximate surface area is 85.7 Å². The van der Waals surface area contributed by atoms with E-state index in [1.54, 1.807) is 0 Å². The third-order valence-electron chi connectivity index (χ3n) is 2.52. The third-order valence-corrected chi connectivity index (χ3v) is 2.52. The van der Waals surface area contributed by atoms with E-state index in [2.05, 4.69) is 32.9 Å². The maximum atomic E-state index is 5.78. The van der Waals surface area contributed by atoms with Gasteiger partial charge in [-0.1, -0.05) is 32.9 Å². The van der Waals surface area contributed by atoms with Gasteiger partial charge in [-0.3, -0.25) is 0 Å². The minimum atomic E-state index is 0.411. The van der Waals surface area contributed by atoms with Gasteiger partial charge in [0, 0.05) is 11.5 Å². The topological polar surface area (TPSA) is 52.0 Å². The first kappa shape index (κ1) is 11.1. The highest BCUT2D eigenvalue weighted by atomic mass is 16.5. The molecular formula is C11H20N2O. The number of rotatable bonds is 4. The Morgan fingerprint density at radius 2 is 2.00 bits per heavy atom. The summed E-state index contributed by atoms with van der Waals surface area (Å²) in [5.41, 5.74) is 6.88. The fraction of sp³-hybridized carbons (Fsp3) is 0.727. The zero-order chi connectivity index (χ0) is 10.7. The minimum Gasteiger partial charge on any atom is -0.381 e. The van der Waals surface area contributed by atoms with Crippen LogP contribution in [0.3, 0.4) is 0 Å². The molecule has 0 radical (unpaired) electrons. The quantitative estimate of drug-likeness (QED) is 0.805. The van der Waals surface area contributed by atoms with Crippen LogP contribution in [-0.2, 0) is 6.42 Å². The lowest BCUT2D eigenvalue weighted by atomic mass is 9.96. The van der Waals surface area contributed by atoms with Crippen molar-refractivity contribution in [2.75, 3.05) is 5.73 Å². The van der Waals surface area contributed by atoms with Gasteiger partial charge in [0.15, 0.2) is 5.82 Å². The second-order valence-electron chi connectivity index (χ2n) is 4.32. The van der Waals surface area contributed by atoms with Crippen molar-refractivity contribution in [1.29, 1.82) is 0 Å². The van der Waals surface area contributed by atoms with E-state index in [1.165, 1.54) is 0 Å². The predicted molar refractivity (Wildman–Crippen MR) is 58.2 cm³/mol. The van der Waals surface area contributed by atoms with Crippen LogP contribution < -0.4 is 5.73 Å². The van der Waals surface area contributed by atoms with E-state index in [0.29, 0.717) is 17.7 Å². The van der Waals surface area contributed by atoms with E-state index >= 15 is 0 Å². The highest BCUT2D eigenvalue weighted by Crippen LogP contribution is 2.28. The van der Waals surface area contributed by atoms with Crippen molar-refractivity contribution in [3.63, 3.8) is 0 Å². The van der Waals surface area contributed by atoms with Gasteiger partial charge in [0.05, 0.1) is 0 Å². The van der Waals surface area contributed by atoms with Crippen molar-refractivity contribution in [3.05, 3.63) is 11.3 Å². The largest absolute Gasteiger partial charge is 0.381 e. The molecule has 3 nitrogen and oxygen atoms in total. The second-order valence-corrected chi connectivity index (χ2v) is 4.32. The van der Waals surface area contributed by atoms with Crippen molar-refractivity contribution >= 4 is 5.82 Å². The van der Waals surface area contributed by atoms with Gasteiger partial charge in [0.25, 0.3) is 0 Å². The van der Waals surface area contributed by atoms with Crippen LogP contribution in [0, 0.1) is 5.92 Å². The SMILES string of the molecule is CCC(C)c1onc(N)c1CC(C)C. The Kier molecular flexibility index (Phi) is 3.55. The Balaban J connectivity index is 2.93. The molecule has 0 aliphatic heterocycles. The summed E-state index contributed by atoms with van der Waals surface area (Å²) in [4.78, 5) is 0. The zero-order valence-electron chi connectivity index (χ0n) is 9.50. The number of hydrogen-bond acceptors (Lipinski definition) is 3. The Morgan fingerprint density at radius 3 is 2.50 bits per heavy atom. The first-order chi connectivity index (χ1) is 6.56. The predicted octanol–water partition coefficient (Wildman–Crippen LogP) is 2.97. The molecule has 1 unspecified atom stereocenters. The Bertz CT molecular complexity index is 291. The van der Waals surface area contributed by atoms with Crippen LogP contribution in [0.2, 0.25) is 0 Å². The van der Waals surface area contributed by atoms with Gasteiger partial charge in [-0.15, -0.1) is 0 Å². The van der Waals surface area contributed by atoms with Gasteiger partial charge < -0.3 is 10.3 Å². The molecule has 0 saturated heterocycles. The van der Waals surface area contributed by atoms with Gasteiger partial charge >= 0.3 is 0 Å². The summed E-state index contributed by atoms with van der Waals surface area (Å²) in [6, 6.07) is 0. The lowest BCUT2D eigenvalue weighted by molar-refractivity contribution is 0.362. The standard InChI is InChI=1S/C11H20N2O/c1-5-8(4)10-9(6-7(2)3)11(12)13-14-10/h7-8H,5-6H2,1-4H3,(H2,12,13). The molecule has 2 N–H and O–H groups in total. The summed E-state index contributed by atoms with van der Waals surface area (Å²) in [5, 5.41) is 3.84. The summed E-state index contributed by atoms with van der Waals surface area (Å²) >= 11 is 0. The Morgan fingerprint density at radius 1 is 1.36 bits per heavy atom. The van der Waals surface area contributed by atoms with E-state index in [4.69, 9.17) is 10.3 Å². The van der Waals surface area contributed by atoms with Crippen LogP contribution in [0.5, 0.6) is 0 Å². The smallest absolute Gasteiger partial charge is 0.170 e. The van der Waals surface area contributed by atoms with Crippen LogP contribution in [-0.4, -0.2) is 5.16 Å². The molecule has 0 saturated carbocycles. The van der Waals surface area contributed by atoms with E-state index in [-0.39, 0.29) is 0 Å². The molecule has 14 heavy (non-hydrogen) atoms. The monoisotopic (exact) mass is 196 g/mol. The van der Waals surface area contributed by atoms with Crippen molar-refractivity contribution in [3.8, 4) is 0 Å². The molecule has 0 aliphatic rings. The number of nitrogens with two attached hydrogens (primary N) is 1. The van der Waals surface area contributed by atoms with E-state index in [9.17, 15) is 0 Å². The van der Waals surface area contributed by atoms with Crippen molar-refractivity contribution in [1.82, 2.24) is 5.16 Å². The van der Waals surface area contributed by atoms with Crippen molar-refractivity contribution < 1.29 is 4.52 Å². The Hall–Kier alpha value is -0.990. The molecule has 0 fully saturated rings. The summed E-state index contributed by atoms with van der Waals surface area (Å²) < 4.78 is 5.27. The lowest BCUT2D eigenvalue weighted by Gasteiger charge is -2.08. The average molecular weight is 196 g/mol. The summed E-state index contributed by atoms with van der Waals surface area (Å²) in [5.74, 6) is 2.53. The molecule has 80 valence electrons. The molecule has 1 atom stereocenters. The highest BCUT2D eigenvalue weighted by molar-refractivity contribution is 5.41. The summed E-state index contributed by atoms with van der Waals surface area (Å²) in [6.45, 7) is 8.63. The maximum Gasteiger partial charge on any atom is 0.170 e. The summed E-state index contributed by atoms with van der Waals surface area (Å²) in [6.07, 6.45) is 2.01. The lowest BCUT2D eigenvalue weighted by Crippen LogP contribution is -2.02. The van der Waals surface area contributed by atoms with Crippen LogP contribution in [0.1, 0.15) is 51.4 Å². The van der Waals surface area contributed by atoms with Crippen molar-refractivity contribution in [2.24, 2.45) is 5.92 Å². The fourth-order valence-electron chi connectivity index (χ4n) is 1.52. The number of nitrogen functional groups attached to an aromatic ring is 1. The number of anilines is 1. The minimum absolute atomic E-state index is 0.411. The molecule has 0 amide bonds. The zero-order valence-corrected chi connectivity index (χ0v) is 9.50. The average Bonchev–Trinajstić information content (AvgIpc) is 2.46. The number of nitrogens with zero attached hydrogens (tertiary/aromatic N) is 1. The molecule has 0 bridgehead atoms. The summed E-state index contributed by atoms with van der Waals surface area (Å²) in [7, 11) is 0. The number of aromatic nitrogens is 1. The second kappa shape index (κ2) is 4.49. The first-order valence-electron chi connectivity index (χ1n) is 5.30. The molecule has 1 aromatic rings. The van der Waals surface area contributed by atoms with Crippen LogP contribution >= 0.6 is 0 Å². The molecule has 1 heterocycles. The molecular weight excluding hydrogens is 176 g/mol. The van der Waals surface area contributed by atoms with Gasteiger partial charge in [-0.05, 0) is 18.8 Å². The van der Waals surface area contributed by atoms with Gasteiger partial charge in [0.1, 0.15) is 5.76 Å². The third kappa shape index (κ3) is 2.28. The van der Waals surface area contributed by atoms with Gasteiger partial charge in [-0.2, -0.15) is 0 Å². The maximum absolute atomic E-state index is 5.78. The van der Waals surface area contributed by atoms with Crippen LogP contribution in [0.4, 0.5) is 5.82 Å². The molecule has 1 rings (SSSR count). The number of hydrogen-bond donors (Lipinski definition) is 1. The van der Waals surface area contributed by atoms with E-state index in [0.717, 1.165) is 24.2 Å². The first-order valence-corrected chi connectivity index (χ1v) is 5.30. The van der Waals surface area contributed by atoms with E-state index < -0.39 is 0 Å². The van der Waals surface area contributed by atoms with Gasteiger partial charge in [-0.25, -0.2) is 0 Å². The molecule has 0 spiro atoms. The van der Waals surface area contributed by atoms with Gasteiger partial charge in [0.2, 0.25) is 0 Å². The molecule has 3 heteroatoms. The van der Waals surface area contributed by atoms with Crippen LogP contribution in [0.15, 0.2) is 4.52 Å². The van der Waals surface area contributed by atoms with Crippen LogP contribution in [0.25, 0.3) is 0 Å². The molecule has 0 aliphatic carbocycles. The molecule has 1 aromatic heterocycles. The van der Waals surface area contributed by atoms with E-state index in [1.807, 2.05) is 0 Å². The van der Waals surface area contributed by atoms with Crippen molar-refractivity contribution in [2.45, 2.75) is 46.5 Å². The normalized spacial score (nSPS) is 13.5.